The molecule has 86 valence electrons. The van der Waals surface area contributed by atoms with E-state index in [1.165, 1.54) is 22.5 Å². The van der Waals surface area contributed by atoms with Gasteiger partial charge in [0, 0.05) is 6.42 Å². The third kappa shape index (κ3) is 2.92. The van der Waals surface area contributed by atoms with Gasteiger partial charge in [-0.05, 0) is 25.8 Å². The molecule has 0 atom stereocenters. The predicted molar refractivity (Wildman–Crippen MR) is 70.2 cm³/mol. The Bertz CT molecular complexity index is 564. The van der Waals surface area contributed by atoms with Gasteiger partial charge in [0.2, 0.25) is 0 Å². The van der Waals surface area contributed by atoms with Crippen LogP contribution in [0.1, 0.15) is 26.7 Å². The summed E-state index contributed by atoms with van der Waals surface area (Å²) < 4.78 is 0. The van der Waals surface area contributed by atoms with E-state index in [-0.39, 0.29) is 0 Å². The normalized spacial score (nSPS) is 10.2. The molecule has 3 heteroatoms. The van der Waals surface area contributed by atoms with Crippen molar-refractivity contribution in [2.75, 3.05) is 0 Å². The number of hydrogen-bond acceptors (Lipinski definition) is 3. The number of nitriles is 1. The van der Waals surface area contributed by atoms with E-state index < -0.39 is 0 Å². The van der Waals surface area contributed by atoms with Crippen molar-refractivity contribution in [2.24, 2.45) is 0 Å². The lowest BCUT2D eigenvalue weighted by Crippen LogP contribution is -1.91. The Hall–Kier alpha value is -1.66. The minimum Gasteiger partial charge on any atom is -0.245 e. The molecule has 2 aromatic rings. The van der Waals surface area contributed by atoms with E-state index in [4.69, 9.17) is 5.26 Å². The van der Waals surface area contributed by atoms with E-state index in [0.717, 1.165) is 28.4 Å². The van der Waals surface area contributed by atoms with Gasteiger partial charge in [0.15, 0.2) is 0 Å². The Morgan fingerprint density at radius 2 is 2.12 bits per heavy atom. The number of thiazole rings is 1. The van der Waals surface area contributed by atoms with Crippen LogP contribution in [0.3, 0.4) is 0 Å². The van der Waals surface area contributed by atoms with Crippen LogP contribution in [-0.4, -0.2) is 4.98 Å². The molecule has 2 rings (SSSR count). The average Bonchev–Trinajstić information content (AvgIpc) is 2.67. The zero-order chi connectivity index (χ0) is 12.3. The van der Waals surface area contributed by atoms with Gasteiger partial charge in [0.25, 0.3) is 0 Å². The molecule has 0 spiro atoms. The van der Waals surface area contributed by atoms with Gasteiger partial charge >= 0.3 is 0 Å². The maximum atomic E-state index is 8.87. The molecule has 0 radical (unpaired) electrons. The number of aromatic nitrogens is 1. The minimum atomic E-state index is 0.740. The van der Waals surface area contributed by atoms with Gasteiger partial charge in [-0.15, -0.1) is 11.3 Å². The van der Waals surface area contributed by atoms with E-state index in [9.17, 15) is 0 Å². The van der Waals surface area contributed by atoms with E-state index in [2.05, 4.69) is 42.2 Å². The highest BCUT2D eigenvalue weighted by Crippen LogP contribution is 2.18. The molecule has 0 aliphatic carbocycles. The SMILES string of the molecule is Cc1cccc(CCc2nc(C)c(C#N)s2)c1. The van der Waals surface area contributed by atoms with Crippen LogP contribution in [0.25, 0.3) is 0 Å². The molecule has 0 amide bonds. The first kappa shape index (κ1) is 11.8. The van der Waals surface area contributed by atoms with Gasteiger partial charge in [-0.1, -0.05) is 29.8 Å². The van der Waals surface area contributed by atoms with Crippen molar-refractivity contribution in [2.45, 2.75) is 26.7 Å². The van der Waals surface area contributed by atoms with Gasteiger partial charge in [-0.25, -0.2) is 4.98 Å². The summed E-state index contributed by atoms with van der Waals surface area (Å²) in [6.07, 6.45) is 1.90. The minimum absolute atomic E-state index is 0.740. The summed E-state index contributed by atoms with van der Waals surface area (Å²) in [6.45, 7) is 4.00. The Kier molecular flexibility index (Phi) is 3.55. The highest BCUT2D eigenvalue weighted by atomic mass is 32.1. The fourth-order valence-corrected chi connectivity index (χ4v) is 2.64. The largest absolute Gasteiger partial charge is 0.245 e. The summed E-state index contributed by atoms with van der Waals surface area (Å²) in [4.78, 5) is 5.16. The summed E-state index contributed by atoms with van der Waals surface area (Å²) in [5.41, 5.74) is 3.48. The van der Waals surface area contributed by atoms with E-state index in [0.29, 0.717) is 0 Å². The quantitative estimate of drug-likeness (QED) is 0.827. The Morgan fingerprint density at radius 3 is 2.76 bits per heavy atom. The summed E-state index contributed by atoms with van der Waals surface area (Å²) in [6, 6.07) is 10.7. The lowest BCUT2D eigenvalue weighted by Gasteiger charge is -2.00. The molecule has 0 aliphatic heterocycles. The molecular formula is C14H14N2S. The molecule has 0 saturated heterocycles. The number of benzene rings is 1. The first-order chi connectivity index (χ1) is 8.19. The van der Waals surface area contributed by atoms with E-state index >= 15 is 0 Å². The van der Waals surface area contributed by atoms with Crippen molar-refractivity contribution < 1.29 is 0 Å². The van der Waals surface area contributed by atoms with Crippen molar-refractivity contribution in [3.63, 3.8) is 0 Å². The van der Waals surface area contributed by atoms with Crippen LogP contribution in [-0.2, 0) is 12.8 Å². The maximum absolute atomic E-state index is 8.87. The molecule has 0 aliphatic rings. The molecule has 1 aromatic carbocycles. The van der Waals surface area contributed by atoms with Gasteiger partial charge in [0.1, 0.15) is 10.9 Å². The van der Waals surface area contributed by atoms with Crippen molar-refractivity contribution in [1.82, 2.24) is 4.98 Å². The number of aryl methyl sites for hydroxylation is 4. The standard InChI is InChI=1S/C14H14N2S/c1-10-4-3-5-12(8-10)6-7-14-16-11(2)13(9-15)17-14/h3-5,8H,6-7H2,1-2H3. The van der Waals surface area contributed by atoms with Crippen molar-refractivity contribution >= 4 is 11.3 Å². The van der Waals surface area contributed by atoms with Gasteiger partial charge in [-0.3, -0.25) is 0 Å². The first-order valence-electron chi connectivity index (χ1n) is 5.61. The van der Waals surface area contributed by atoms with Gasteiger partial charge < -0.3 is 0 Å². The average molecular weight is 242 g/mol. The fraction of sp³-hybridized carbons (Fsp3) is 0.286. The molecule has 0 N–H and O–H groups in total. The van der Waals surface area contributed by atoms with Crippen LogP contribution < -0.4 is 0 Å². The summed E-state index contributed by atoms with van der Waals surface area (Å²) in [5, 5.41) is 9.93. The van der Waals surface area contributed by atoms with Crippen molar-refractivity contribution in [1.29, 1.82) is 5.26 Å². The second-order valence-electron chi connectivity index (χ2n) is 4.12. The van der Waals surface area contributed by atoms with Crippen molar-refractivity contribution in [3.05, 3.63) is 51.0 Å². The Morgan fingerprint density at radius 1 is 1.29 bits per heavy atom. The van der Waals surface area contributed by atoms with E-state index in [1.807, 2.05) is 6.92 Å². The summed E-state index contributed by atoms with van der Waals surface area (Å²) in [7, 11) is 0. The Balaban J connectivity index is 2.05. The smallest absolute Gasteiger partial charge is 0.127 e. The Labute approximate surface area is 106 Å². The van der Waals surface area contributed by atoms with Crippen LogP contribution in [0, 0.1) is 25.2 Å². The second kappa shape index (κ2) is 5.11. The lowest BCUT2D eigenvalue weighted by atomic mass is 10.1. The molecule has 0 bridgehead atoms. The maximum Gasteiger partial charge on any atom is 0.127 e. The third-order valence-corrected chi connectivity index (χ3v) is 3.77. The number of nitrogens with zero attached hydrogens (tertiary/aromatic N) is 2. The molecule has 0 unspecified atom stereocenters. The molecule has 0 fully saturated rings. The second-order valence-corrected chi connectivity index (χ2v) is 5.21. The molecule has 2 nitrogen and oxygen atoms in total. The predicted octanol–water partition coefficient (Wildman–Crippen LogP) is 3.42. The topological polar surface area (TPSA) is 36.7 Å². The fourth-order valence-electron chi connectivity index (χ4n) is 1.78. The number of hydrogen-bond donors (Lipinski definition) is 0. The lowest BCUT2D eigenvalue weighted by molar-refractivity contribution is 0.934. The highest BCUT2D eigenvalue weighted by Gasteiger charge is 2.06. The number of rotatable bonds is 3. The van der Waals surface area contributed by atoms with Crippen LogP contribution in [0.5, 0.6) is 0 Å². The zero-order valence-corrected chi connectivity index (χ0v) is 10.8. The first-order valence-corrected chi connectivity index (χ1v) is 6.42. The molecular weight excluding hydrogens is 228 g/mol. The molecule has 1 heterocycles. The molecule has 17 heavy (non-hydrogen) atoms. The van der Waals surface area contributed by atoms with Crippen LogP contribution in [0.15, 0.2) is 24.3 Å². The summed E-state index contributed by atoms with van der Waals surface area (Å²) >= 11 is 1.51. The molecule has 1 aromatic heterocycles. The summed E-state index contributed by atoms with van der Waals surface area (Å²) in [5.74, 6) is 0. The monoisotopic (exact) mass is 242 g/mol. The zero-order valence-electron chi connectivity index (χ0n) is 10.0. The van der Waals surface area contributed by atoms with Gasteiger partial charge in [-0.2, -0.15) is 5.26 Å². The van der Waals surface area contributed by atoms with Crippen LogP contribution in [0.2, 0.25) is 0 Å². The third-order valence-electron chi connectivity index (χ3n) is 2.65. The van der Waals surface area contributed by atoms with Crippen LogP contribution in [0.4, 0.5) is 0 Å². The highest BCUT2D eigenvalue weighted by molar-refractivity contribution is 7.12. The van der Waals surface area contributed by atoms with Gasteiger partial charge in [0.05, 0.1) is 10.7 Å². The van der Waals surface area contributed by atoms with E-state index in [1.54, 1.807) is 0 Å². The van der Waals surface area contributed by atoms with Crippen molar-refractivity contribution in [3.8, 4) is 6.07 Å². The van der Waals surface area contributed by atoms with Crippen LogP contribution >= 0.6 is 11.3 Å². The molecule has 0 saturated carbocycles.